The molecule has 150 valence electrons. The Hall–Kier alpha value is -2.64. The zero-order valence-corrected chi connectivity index (χ0v) is 16.1. The quantitative estimate of drug-likeness (QED) is 0.790. The maximum atomic E-state index is 13.9. The van der Waals surface area contributed by atoms with Gasteiger partial charge in [0.05, 0.1) is 33.5 Å². The SMILES string of the molecule is COc1ccc(C(CNC(=O)c2ccc(OC)c(F)c2)N2CCOCC2)cc1. The number of halogens is 1. The number of methoxy groups -OCH3 is 2. The Labute approximate surface area is 164 Å². The minimum absolute atomic E-state index is 0.0122. The summed E-state index contributed by atoms with van der Waals surface area (Å²) in [5.74, 6) is 0.00607. The summed E-state index contributed by atoms with van der Waals surface area (Å²) in [5, 5.41) is 2.93. The Morgan fingerprint density at radius 2 is 1.86 bits per heavy atom. The second-order valence-corrected chi connectivity index (χ2v) is 6.50. The highest BCUT2D eigenvalue weighted by atomic mass is 19.1. The molecule has 0 aromatic heterocycles. The Morgan fingerprint density at radius 3 is 2.46 bits per heavy atom. The lowest BCUT2D eigenvalue weighted by molar-refractivity contribution is 0.0162. The van der Waals surface area contributed by atoms with Crippen LogP contribution in [-0.2, 0) is 4.74 Å². The summed E-state index contributed by atoms with van der Waals surface area (Å²) in [6.45, 7) is 3.28. The van der Waals surface area contributed by atoms with Crippen LogP contribution in [0.4, 0.5) is 4.39 Å². The average molecular weight is 388 g/mol. The monoisotopic (exact) mass is 388 g/mol. The highest BCUT2D eigenvalue weighted by Gasteiger charge is 2.23. The van der Waals surface area contributed by atoms with Crippen LogP contribution in [-0.4, -0.2) is 57.9 Å². The molecule has 1 amide bonds. The summed E-state index contributed by atoms with van der Waals surface area (Å²) >= 11 is 0. The first-order valence-corrected chi connectivity index (χ1v) is 9.20. The predicted molar refractivity (Wildman–Crippen MR) is 103 cm³/mol. The van der Waals surface area contributed by atoms with E-state index < -0.39 is 5.82 Å². The number of amides is 1. The van der Waals surface area contributed by atoms with Gasteiger partial charge in [-0.2, -0.15) is 0 Å². The molecule has 1 unspecified atom stereocenters. The maximum Gasteiger partial charge on any atom is 0.251 e. The van der Waals surface area contributed by atoms with E-state index >= 15 is 0 Å². The third-order valence-corrected chi connectivity index (χ3v) is 4.86. The number of nitrogens with zero attached hydrogens (tertiary/aromatic N) is 1. The standard InChI is InChI=1S/C21H25FN2O4/c1-26-17-6-3-15(4-7-17)19(24-9-11-28-12-10-24)14-23-21(25)16-5-8-20(27-2)18(22)13-16/h3-8,13,19H,9-12,14H2,1-2H3,(H,23,25). The van der Waals surface area contributed by atoms with E-state index in [0.717, 1.165) is 24.4 Å². The molecule has 1 atom stereocenters. The number of hydrogen-bond acceptors (Lipinski definition) is 5. The number of rotatable bonds is 7. The molecule has 6 nitrogen and oxygen atoms in total. The van der Waals surface area contributed by atoms with Crippen molar-refractivity contribution in [1.29, 1.82) is 0 Å². The summed E-state index contributed by atoms with van der Waals surface area (Å²) in [4.78, 5) is 14.8. The third kappa shape index (κ3) is 4.79. The van der Waals surface area contributed by atoms with Crippen molar-refractivity contribution in [3.05, 3.63) is 59.4 Å². The lowest BCUT2D eigenvalue weighted by Crippen LogP contribution is -2.43. The van der Waals surface area contributed by atoms with Gasteiger partial charge in [-0.25, -0.2) is 4.39 Å². The molecular formula is C21H25FN2O4. The average Bonchev–Trinajstić information content (AvgIpc) is 2.75. The first kappa shape index (κ1) is 20.1. The summed E-state index contributed by atoms with van der Waals surface area (Å²) < 4.78 is 29.5. The van der Waals surface area contributed by atoms with Gasteiger partial charge in [0, 0.05) is 25.2 Å². The van der Waals surface area contributed by atoms with E-state index in [9.17, 15) is 9.18 Å². The van der Waals surface area contributed by atoms with Crippen molar-refractivity contribution in [3.8, 4) is 11.5 Å². The molecular weight excluding hydrogens is 363 g/mol. The Morgan fingerprint density at radius 1 is 1.14 bits per heavy atom. The summed E-state index contributed by atoms with van der Waals surface area (Å²) in [7, 11) is 3.02. The van der Waals surface area contributed by atoms with E-state index in [2.05, 4.69) is 10.2 Å². The highest BCUT2D eigenvalue weighted by molar-refractivity contribution is 5.94. The summed E-state index contributed by atoms with van der Waals surface area (Å²) in [5.41, 5.74) is 1.33. The predicted octanol–water partition coefficient (Wildman–Crippen LogP) is 2.65. The topological polar surface area (TPSA) is 60.0 Å². The summed E-state index contributed by atoms with van der Waals surface area (Å²) in [6, 6.07) is 12.0. The molecule has 28 heavy (non-hydrogen) atoms. The van der Waals surface area contributed by atoms with Crippen LogP contribution in [0.3, 0.4) is 0 Å². The van der Waals surface area contributed by atoms with Crippen molar-refractivity contribution >= 4 is 5.91 Å². The molecule has 1 saturated heterocycles. The Kier molecular flexibility index (Phi) is 6.84. The van der Waals surface area contributed by atoms with Crippen LogP contribution in [0, 0.1) is 5.82 Å². The van der Waals surface area contributed by atoms with Gasteiger partial charge in [-0.05, 0) is 35.9 Å². The smallest absolute Gasteiger partial charge is 0.251 e. The molecule has 3 rings (SSSR count). The fourth-order valence-electron chi connectivity index (χ4n) is 3.27. The maximum absolute atomic E-state index is 13.9. The van der Waals surface area contributed by atoms with Crippen molar-refractivity contribution < 1.29 is 23.4 Å². The number of morpholine rings is 1. The molecule has 7 heteroatoms. The molecule has 1 N–H and O–H groups in total. The molecule has 1 fully saturated rings. The van der Waals surface area contributed by atoms with Crippen molar-refractivity contribution in [2.75, 3.05) is 47.1 Å². The van der Waals surface area contributed by atoms with Crippen LogP contribution in [0.5, 0.6) is 11.5 Å². The van der Waals surface area contributed by atoms with Gasteiger partial charge >= 0.3 is 0 Å². The first-order valence-electron chi connectivity index (χ1n) is 9.20. The molecule has 1 heterocycles. The minimum atomic E-state index is -0.560. The molecule has 1 aliphatic heterocycles. The molecule has 1 aliphatic rings. The molecule has 2 aromatic carbocycles. The van der Waals surface area contributed by atoms with E-state index in [1.165, 1.54) is 19.2 Å². The van der Waals surface area contributed by atoms with E-state index in [4.69, 9.17) is 14.2 Å². The van der Waals surface area contributed by atoms with Crippen molar-refractivity contribution in [2.45, 2.75) is 6.04 Å². The van der Waals surface area contributed by atoms with E-state index in [1.807, 2.05) is 24.3 Å². The van der Waals surface area contributed by atoms with Gasteiger partial charge < -0.3 is 19.5 Å². The molecule has 0 saturated carbocycles. The van der Waals surface area contributed by atoms with E-state index in [-0.39, 0.29) is 23.3 Å². The molecule has 0 aliphatic carbocycles. The third-order valence-electron chi connectivity index (χ3n) is 4.86. The lowest BCUT2D eigenvalue weighted by atomic mass is 10.0. The number of benzene rings is 2. The Balaban J connectivity index is 1.73. The van der Waals surface area contributed by atoms with Crippen LogP contribution in [0.25, 0.3) is 0 Å². The van der Waals surface area contributed by atoms with Crippen LogP contribution in [0.15, 0.2) is 42.5 Å². The molecule has 0 bridgehead atoms. The van der Waals surface area contributed by atoms with Gasteiger partial charge in [0.2, 0.25) is 0 Å². The van der Waals surface area contributed by atoms with Gasteiger partial charge in [0.25, 0.3) is 5.91 Å². The number of carbonyl (C=O) groups is 1. The fourth-order valence-corrected chi connectivity index (χ4v) is 3.27. The fraction of sp³-hybridized carbons (Fsp3) is 0.381. The zero-order chi connectivity index (χ0) is 19.9. The van der Waals surface area contributed by atoms with Crippen LogP contribution in [0.2, 0.25) is 0 Å². The Bertz CT molecular complexity index is 791. The normalized spacial score (nSPS) is 15.7. The van der Waals surface area contributed by atoms with Gasteiger partial charge in [-0.1, -0.05) is 12.1 Å². The highest BCUT2D eigenvalue weighted by Crippen LogP contribution is 2.24. The van der Waals surface area contributed by atoms with Gasteiger partial charge in [-0.15, -0.1) is 0 Å². The minimum Gasteiger partial charge on any atom is -0.497 e. The number of hydrogen-bond donors (Lipinski definition) is 1. The lowest BCUT2D eigenvalue weighted by Gasteiger charge is -2.35. The number of ether oxygens (including phenoxy) is 3. The van der Waals surface area contributed by atoms with Crippen LogP contribution >= 0.6 is 0 Å². The first-order chi connectivity index (χ1) is 13.6. The van der Waals surface area contributed by atoms with Crippen LogP contribution < -0.4 is 14.8 Å². The van der Waals surface area contributed by atoms with Crippen molar-refractivity contribution in [2.24, 2.45) is 0 Å². The van der Waals surface area contributed by atoms with E-state index in [1.54, 1.807) is 13.2 Å². The second kappa shape index (κ2) is 9.52. The van der Waals surface area contributed by atoms with E-state index in [0.29, 0.717) is 19.8 Å². The summed E-state index contributed by atoms with van der Waals surface area (Å²) in [6.07, 6.45) is 0. The van der Waals surface area contributed by atoms with Gasteiger partial charge in [0.15, 0.2) is 11.6 Å². The van der Waals surface area contributed by atoms with Gasteiger partial charge in [0.1, 0.15) is 5.75 Å². The van der Waals surface area contributed by atoms with Crippen molar-refractivity contribution in [3.63, 3.8) is 0 Å². The zero-order valence-electron chi connectivity index (χ0n) is 16.1. The number of nitrogens with one attached hydrogen (secondary N) is 1. The number of carbonyl (C=O) groups excluding carboxylic acids is 1. The molecule has 0 radical (unpaired) electrons. The molecule has 2 aromatic rings. The second-order valence-electron chi connectivity index (χ2n) is 6.50. The van der Waals surface area contributed by atoms with Crippen LogP contribution in [0.1, 0.15) is 22.0 Å². The largest absolute Gasteiger partial charge is 0.497 e. The molecule has 0 spiro atoms. The van der Waals surface area contributed by atoms with Crippen molar-refractivity contribution in [1.82, 2.24) is 10.2 Å². The van der Waals surface area contributed by atoms with Gasteiger partial charge in [-0.3, -0.25) is 9.69 Å².